The maximum Gasteiger partial charge on any atom is 0.418 e. The number of aromatic nitrogens is 2. The third kappa shape index (κ3) is 3.74. The summed E-state index contributed by atoms with van der Waals surface area (Å²) in [7, 11) is 0. The Bertz CT molecular complexity index is 1100. The summed E-state index contributed by atoms with van der Waals surface area (Å²) in [5, 5.41) is 3.23. The number of fused-ring (bicyclic) bond motifs is 1. The molecule has 0 radical (unpaired) electrons. The maximum absolute atomic E-state index is 13.3. The van der Waals surface area contributed by atoms with Gasteiger partial charge in [0.25, 0.3) is 5.91 Å². The van der Waals surface area contributed by atoms with Gasteiger partial charge in [-0.1, -0.05) is 12.1 Å². The van der Waals surface area contributed by atoms with Crippen molar-refractivity contribution in [3.05, 3.63) is 46.6 Å². The summed E-state index contributed by atoms with van der Waals surface area (Å²) in [5.41, 5.74) is -0.451. The van der Waals surface area contributed by atoms with E-state index in [2.05, 4.69) is 27.1 Å². The van der Waals surface area contributed by atoms with E-state index in [-0.39, 0.29) is 5.69 Å². The fourth-order valence-corrected chi connectivity index (χ4v) is 4.96. The molecule has 1 aliphatic rings. The van der Waals surface area contributed by atoms with Gasteiger partial charge in [0.2, 0.25) is 0 Å². The van der Waals surface area contributed by atoms with Crippen LogP contribution in [0.25, 0.3) is 10.2 Å². The molecule has 1 saturated heterocycles. The highest BCUT2D eigenvalue weighted by Gasteiger charge is 2.34. The van der Waals surface area contributed by atoms with Crippen molar-refractivity contribution in [3.63, 3.8) is 0 Å². The largest absolute Gasteiger partial charge is 0.418 e. The van der Waals surface area contributed by atoms with E-state index < -0.39 is 17.6 Å². The van der Waals surface area contributed by atoms with E-state index in [0.717, 1.165) is 36.7 Å². The van der Waals surface area contributed by atoms with E-state index >= 15 is 0 Å². The van der Waals surface area contributed by atoms with Crippen molar-refractivity contribution in [2.45, 2.75) is 45.3 Å². The number of piperidine rings is 1. The van der Waals surface area contributed by atoms with Crippen molar-refractivity contribution in [1.82, 2.24) is 9.97 Å². The van der Waals surface area contributed by atoms with E-state index in [4.69, 9.17) is 0 Å². The van der Waals surface area contributed by atoms with Gasteiger partial charge in [0, 0.05) is 12.6 Å². The number of halogens is 3. The molecule has 3 aromatic rings. The van der Waals surface area contributed by atoms with Gasteiger partial charge in [-0.15, -0.1) is 11.3 Å². The van der Waals surface area contributed by atoms with E-state index in [1.54, 1.807) is 6.92 Å². The second kappa shape index (κ2) is 7.86. The third-order valence-corrected chi connectivity index (χ3v) is 6.67. The van der Waals surface area contributed by atoms with Crippen molar-refractivity contribution in [2.24, 2.45) is 0 Å². The molecule has 0 unspecified atom stereocenters. The summed E-state index contributed by atoms with van der Waals surface area (Å²) in [5.74, 6) is 0.209. The van der Waals surface area contributed by atoms with Crippen LogP contribution in [0.15, 0.2) is 30.6 Å². The second-order valence-corrected chi connectivity index (χ2v) is 8.47. The van der Waals surface area contributed by atoms with Crippen molar-refractivity contribution < 1.29 is 18.0 Å². The molecule has 2 aromatic heterocycles. The molecule has 4 rings (SSSR count). The SMILES string of the molecule is Cc1c(C(=O)Nc2ccccc2C(F)(F)F)sc2ncnc(N3CCCC[C@H]3C)c12. The van der Waals surface area contributed by atoms with Gasteiger partial charge in [0.1, 0.15) is 17.0 Å². The minimum atomic E-state index is -4.55. The highest BCUT2D eigenvalue weighted by molar-refractivity contribution is 7.20. The highest BCUT2D eigenvalue weighted by atomic mass is 32.1. The zero-order chi connectivity index (χ0) is 21.5. The molecule has 1 fully saturated rings. The number of benzene rings is 1. The number of rotatable bonds is 3. The number of alkyl halides is 3. The summed E-state index contributed by atoms with van der Waals surface area (Å²) in [6.07, 6.45) is 0.231. The number of amides is 1. The molecular weight excluding hydrogens is 413 g/mol. The summed E-state index contributed by atoms with van der Waals surface area (Å²) in [6, 6.07) is 5.29. The summed E-state index contributed by atoms with van der Waals surface area (Å²) in [6.45, 7) is 4.82. The van der Waals surface area contributed by atoms with Crippen molar-refractivity contribution in [2.75, 3.05) is 16.8 Å². The smallest absolute Gasteiger partial charge is 0.353 e. The molecule has 9 heteroatoms. The number of hydrogen-bond acceptors (Lipinski definition) is 5. The minimum Gasteiger partial charge on any atom is -0.353 e. The van der Waals surface area contributed by atoms with Crippen LogP contribution < -0.4 is 10.2 Å². The zero-order valence-electron chi connectivity index (χ0n) is 16.6. The first-order chi connectivity index (χ1) is 14.3. The van der Waals surface area contributed by atoms with Crippen LogP contribution in [-0.2, 0) is 6.18 Å². The first-order valence-corrected chi connectivity index (χ1v) is 10.6. The van der Waals surface area contributed by atoms with Crippen LogP contribution in [0.2, 0.25) is 0 Å². The molecule has 1 atom stereocenters. The first kappa shape index (κ1) is 20.6. The molecule has 1 aliphatic heterocycles. The van der Waals surface area contributed by atoms with E-state index in [0.29, 0.717) is 21.3 Å². The molecular formula is C21H21F3N4OS. The predicted octanol–water partition coefficient (Wildman–Crippen LogP) is 5.65. The van der Waals surface area contributed by atoms with Crippen LogP contribution in [0.1, 0.15) is 47.0 Å². The van der Waals surface area contributed by atoms with Gasteiger partial charge in [-0.25, -0.2) is 9.97 Å². The fourth-order valence-electron chi connectivity index (χ4n) is 3.92. The predicted molar refractivity (Wildman–Crippen MR) is 112 cm³/mol. The van der Waals surface area contributed by atoms with Gasteiger partial charge in [-0.3, -0.25) is 4.79 Å². The zero-order valence-corrected chi connectivity index (χ0v) is 17.4. The van der Waals surface area contributed by atoms with Gasteiger partial charge in [0.15, 0.2) is 0 Å². The normalized spacial score (nSPS) is 17.4. The standard InChI is InChI=1S/C21H21F3N4OS/c1-12-7-5-6-10-28(12)18-16-13(2)17(30-20(16)26-11-25-18)19(29)27-15-9-4-3-8-14(15)21(22,23)24/h3-4,8-9,11-12H,5-7,10H2,1-2H3,(H,27,29)/t12-/m1/s1. The molecule has 1 N–H and O–H groups in total. The average molecular weight is 434 g/mol. The van der Waals surface area contributed by atoms with Gasteiger partial charge in [0.05, 0.1) is 21.5 Å². The Morgan fingerprint density at radius 3 is 2.73 bits per heavy atom. The van der Waals surface area contributed by atoms with Gasteiger partial charge < -0.3 is 10.2 Å². The number of thiophene rings is 1. The molecule has 158 valence electrons. The quantitative estimate of drug-likeness (QED) is 0.579. The van der Waals surface area contributed by atoms with Crippen LogP contribution in [0, 0.1) is 6.92 Å². The van der Waals surface area contributed by atoms with E-state index in [1.807, 2.05) is 0 Å². The Balaban J connectivity index is 1.72. The molecule has 0 saturated carbocycles. The Morgan fingerprint density at radius 1 is 1.23 bits per heavy atom. The van der Waals surface area contributed by atoms with Gasteiger partial charge in [-0.05, 0) is 50.8 Å². The summed E-state index contributed by atoms with van der Waals surface area (Å²) >= 11 is 1.17. The average Bonchev–Trinajstić information content (AvgIpc) is 3.05. The van der Waals surface area contributed by atoms with Crippen LogP contribution in [-0.4, -0.2) is 28.5 Å². The highest BCUT2D eigenvalue weighted by Crippen LogP contribution is 2.38. The minimum absolute atomic E-state index is 0.261. The Morgan fingerprint density at radius 2 is 2.00 bits per heavy atom. The number of aryl methyl sites for hydroxylation is 1. The van der Waals surface area contributed by atoms with Crippen LogP contribution in [0.3, 0.4) is 0 Å². The Hall–Kier alpha value is -2.68. The number of nitrogens with one attached hydrogen (secondary N) is 1. The van der Waals surface area contributed by atoms with E-state index in [1.165, 1.54) is 42.3 Å². The maximum atomic E-state index is 13.3. The summed E-state index contributed by atoms with van der Waals surface area (Å²) in [4.78, 5) is 24.9. The van der Waals surface area contributed by atoms with E-state index in [9.17, 15) is 18.0 Å². The van der Waals surface area contributed by atoms with Crippen molar-refractivity contribution in [1.29, 1.82) is 0 Å². The lowest BCUT2D eigenvalue weighted by Gasteiger charge is -2.34. The monoisotopic (exact) mass is 434 g/mol. The number of nitrogens with zero attached hydrogens (tertiary/aromatic N) is 3. The second-order valence-electron chi connectivity index (χ2n) is 7.47. The van der Waals surface area contributed by atoms with Crippen LogP contribution in [0.4, 0.5) is 24.7 Å². The summed E-state index contributed by atoms with van der Waals surface area (Å²) < 4.78 is 39.8. The topological polar surface area (TPSA) is 58.1 Å². The Labute approximate surface area is 175 Å². The third-order valence-electron chi connectivity index (χ3n) is 5.47. The van der Waals surface area contributed by atoms with Crippen LogP contribution in [0.5, 0.6) is 0 Å². The molecule has 0 spiro atoms. The molecule has 1 aromatic carbocycles. The fraction of sp³-hybridized carbons (Fsp3) is 0.381. The van der Waals surface area contributed by atoms with Gasteiger partial charge in [-0.2, -0.15) is 13.2 Å². The molecule has 5 nitrogen and oxygen atoms in total. The first-order valence-electron chi connectivity index (χ1n) is 9.75. The van der Waals surface area contributed by atoms with Crippen LogP contribution >= 0.6 is 11.3 Å². The van der Waals surface area contributed by atoms with Gasteiger partial charge >= 0.3 is 6.18 Å². The number of para-hydroxylation sites is 1. The number of carbonyl (C=O) groups excluding carboxylic acids is 1. The number of anilines is 2. The lowest BCUT2D eigenvalue weighted by molar-refractivity contribution is -0.136. The molecule has 0 aliphatic carbocycles. The lowest BCUT2D eigenvalue weighted by Crippen LogP contribution is -2.38. The lowest BCUT2D eigenvalue weighted by atomic mass is 10.0. The number of carbonyl (C=O) groups is 1. The molecule has 1 amide bonds. The van der Waals surface area contributed by atoms with Crippen molar-refractivity contribution in [3.8, 4) is 0 Å². The number of hydrogen-bond donors (Lipinski definition) is 1. The molecule has 3 heterocycles. The molecule has 30 heavy (non-hydrogen) atoms. The molecule has 0 bridgehead atoms. The van der Waals surface area contributed by atoms with Crippen molar-refractivity contribution >= 4 is 39.0 Å². The Kier molecular flexibility index (Phi) is 5.40.